The lowest BCUT2D eigenvalue weighted by Gasteiger charge is -2.21. The van der Waals surface area contributed by atoms with Crippen molar-refractivity contribution in [2.24, 2.45) is 5.41 Å². The molecule has 0 radical (unpaired) electrons. The molecule has 106 valence electrons. The number of halogens is 1. The van der Waals surface area contributed by atoms with E-state index in [2.05, 4.69) is 31.5 Å². The van der Waals surface area contributed by atoms with E-state index in [1.54, 1.807) is 18.3 Å². The Hall–Kier alpha value is -1.14. The summed E-state index contributed by atoms with van der Waals surface area (Å²) in [4.78, 5) is 15.6. The van der Waals surface area contributed by atoms with Gasteiger partial charge in [0.1, 0.15) is 4.60 Å². The molecule has 0 bridgehead atoms. The van der Waals surface area contributed by atoms with Crippen LogP contribution in [0.5, 0.6) is 0 Å². The zero-order valence-corrected chi connectivity index (χ0v) is 12.8. The van der Waals surface area contributed by atoms with Crippen LogP contribution in [0.2, 0.25) is 0 Å². The Kier molecular flexibility index (Phi) is 6.24. The highest BCUT2D eigenvalue weighted by molar-refractivity contribution is 9.10. The fraction of sp³-hybridized carbons (Fsp3) is 0.538. The van der Waals surface area contributed by atoms with E-state index in [1.807, 2.05) is 13.8 Å². The van der Waals surface area contributed by atoms with E-state index in [1.165, 1.54) is 0 Å². The fourth-order valence-electron chi connectivity index (χ4n) is 1.47. The highest BCUT2D eigenvalue weighted by Crippen LogP contribution is 2.20. The topological polar surface area (TPSA) is 74.2 Å². The largest absolute Gasteiger partial charge is 0.396 e. The van der Waals surface area contributed by atoms with Gasteiger partial charge in [0, 0.05) is 13.2 Å². The Morgan fingerprint density at radius 3 is 2.79 bits per heavy atom. The molecule has 0 saturated heterocycles. The molecule has 19 heavy (non-hydrogen) atoms. The van der Waals surface area contributed by atoms with Gasteiger partial charge in [0.15, 0.2) is 0 Å². The van der Waals surface area contributed by atoms with Gasteiger partial charge in [-0.2, -0.15) is 0 Å². The predicted octanol–water partition coefficient (Wildman–Crippen LogP) is 2.76. The molecule has 5 nitrogen and oxygen atoms in total. The van der Waals surface area contributed by atoms with Crippen molar-refractivity contribution in [3.8, 4) is 0 Å². The number of aliphatic hydroxyl groups excluding tert-OH is 1. The maximum atomic E-state index is 11.6. The summed E-state index contributed by atoms with van der Waals surface area (Å²) in [7, 11) is 0. The number of carbonyl (C=O) groups is 1. The first kappa shape index (κ1) is 15.9. The molecule has 3 N–H and O–H groups in total. The minimum atomic E-state index is -0.245. The van der Waals surface area contributed by atoms with Crippen LogP contribution in [0, 0.1) is 5.41 Å². The van der Waals surface area contributed by atoms with Crippen LogP contribution < -0.4 is 10.6 Å². The third kappa shape index (κ3) is 6.54. The SMILES string of the molecule is CC(C)(CO)CCCNC(=O)Nc1ccc(Br)nc1. The van der Waals surface area contributed by atoms with Crippen LogP contribution in [0.25, 0.3) is 0 Å². The van der Waals surface area contributed by atoms with Gasteiger partial charge in [-0.05, 0) is 46.3 Å². The first-order valence-electron chi connectivity index (χ1n) is 6.20. The Morgan fingerprint density at radius 2 is 2.21 bits per heavy atom. The van der Waals surface area contributed by atoms with Crippen molar-refractivity contribution < 1.29 is 9.90 Å². The van der Waals surface area contributed by atoms with Gasteiger partial charge in [-0.25, -0.2) is 9.78 Å². The summed E-state index contributed by atoms with van der Waals surface area (Å²) in [6.45, 7) is 4.74. The van der Waals surface area contributed by atoms with Gasteiger partial charge in [0.05, 0.1) is 11.9 Å². The van der Waals surface area contributed by atoms with Crippen LogP contribution in [-0.2, 0) is 0 Å². The maximum absolute atomic E-state index is 11.6. The number of nitrogens with zero attached hydrogens (tertiary/aromatic N) is 1. The lowest BCUT2D eigenvalue weighted by Crippen LogP contribution is -2.30. The number of amides is 2. The van der Waals surface area contributed by atoms with E-state index in [4.69, 9.17) is 5.11 Å². The van der Waals surface area contributed by atoms with E-state index in [0.29, 0.717) is 12.2 Å². The molecule has 0 spiro atoms. The number of rotatable bonds is 6. The summed E-state index contributed by atoms with van der Waals surface area (Å²) in [6, 6.07) is 3.29. The maximum Gasteiger partial charge on any atom is 0.319 e. The number of urea groups is 1. The third-order valence-corrected chi connectivity index (χ3v) is 3.20. The van der Waals surface area contributed by atoms with Crippen LogP contribution in [0.15, 0.2) is 22.9 Å². The Balaban J connectivity index is 2.23. The van der Waals surface area contributed by atoms with Gasteiger partial charge < -0.3 is 15.7 Å². The smallest absolute Gasteiger partial charge is 0.319 e. The first-order chi connectivity index (χ1) is 8.93. The minimum absolute atomic E-state index is 0.0895. The van der Waals surface area contributed by atoms with Crippen LogP contribution in [-0.4, -0.2) is 29.3 Å². The highest BCUT2D eigenvalue weighted by Gasteiger charge is 2.15. The molecule has 0 unspecified atom stereocenters. The fourth-order valence-corrected chi connectivity index (χ4v) is 1.71. The average molecular weight is 330 g/mol. The number of hydrogen-bond acceptors (Lipinski definition) is 3. The van der Waals surface area contributed by atoms with Crippen LogP contribution in [0.4, 0.5) is 10.5 Å². The van der Waals surface area contributed by atoms with E-state index in [0.717, 1.165) is 17.4 Å². The normalized spacial score (nSPS) is 11.2. The van der Waals surface area contributed by atoms with Crippen molar-refractivity contribution in [2.45, 2.75) is 26.7 Å². The monoisotopic (exact) mass is 329 g/mol. The molecule has 1 heterocycles. The van der Waals surface area contributed by atoms with Gasteiger partial charge in [0.2, 0.25) is 0 Å². The standard InChI is InChI=1S/C13H20BrN3O2/c1-13(2,9-18)6-3-7-15-12(19)17-10-4-5-11(14)16-8-10/h4-5,8,18H,3,6-7,9H2,1-2H3,(H2,15,17,19). The van der Waals surface area contributed by atoms with Gasteiger partial charge in [-0.1, -0.05) is 13.8 Å². The molecule has 0 saturated carbocycles. The quantitative estimate of drug-likeness (QED) is 0.555. The molecule has 0 atom stereocenters. The number of carbonyl (C=O) groups excluding carboxylic acids is 1. The molecule has 0 aliphatic heterocycles. The molecule has 2 amide bonds. The molecule has 0 fully saturated rings. The molecule has 0 aliphatic rings. The summed E-state index contributed by atoms with van der Waals surface area (Å²) in [6.07, 6.45) is 3.28. The Labute approximate surface area is 121 Å². The van der Waals surface area contributed by atoms with Crippen LogP contribution >= 0.6 is 15.9 Å². The number of aromatic nitrogens is 1. The zero-order chi connectivity index (χ0) is 14.3. The lowest BCUT2D eigenvalue weighted by molar-refractivity contribution is 0.148. The van der Waals surface area contributed by atoms with Crippen molar-refractivity contribution in [3.63, 3.8) is 0 Å². The Morgan fingerprint density at radius 1 is 1.47 bits per heavy atom. The van der Waals surface area contributed by atoms with Crippen LogP contribution in [0.3, 0.4) is 0 Å². The molecular weight excluding hydrogens is 310 g/mol. The molecule has 1 aromatic rings. The average Bonchev–Trinajstić information content (AvgIpc) is 2.38. The summed E-state index contributed by atoms with van der Waals surface area (Å²) in [5.74, 6) is 0. The summed E-state index contributed by atoms with van der Waals surface area (Å²) >= 11 is 3.23. The van der Waals surface area contributed by atoms with Crippen molar-refractivity contribution in [1.29, 1.82) is 0 Å². The van der Waals surface area contributed by atoms with E-state index >= 15 is 0 Å². The summed E-state index contributed by atoms with van der Waals surface area (Å²) in [5.41, 5.74) is 0.560. The molecule has 0 aromatic carbocycles. The predicted molar refractivity (Wildman–Crippen MR) is 79.1 cm³/mol. The van der Waals surface area contributed by atoms with Crippen molar-refractivity contribution in [3.05, 3.63) is 22.9 Å². The van der Waals surface area contributed by atoms with E-state index in [-0.39, 0.29) is 18.1 Å². The summed E-state index contributed by atoms with van der Waals surface area (Å²) in [5, 5.41) is 14.6. The lowest BCUT2D eigenvalue weighted by atomic mass is 9.89. The second kappa shape index (κ2) is 7.45. The second-order valence-electron chi connectivity index (χ2n) is 5.18. The number of anilines is 1. The number of aliphatic hydroxyl groups is 1. The van der Waals surface area contributed by atoms with Crippen molar-refractivity contribution in [2.75, 3.05) is 18.5 Å². The Bertz CT molecular complexity index is 407. The van der Waals surface area contributed by atoms with Crippen LogP contribution in [0.1, 0.15) is 26.7 Å². The van der Waals surface area contributed by atoms with Gasteiger partial charge in [-0.3, -0.25) is 0 Å². The van der Waals surface area contributed by atoms with Gasteiger partial charge in [-0.15, -0.1) is 0 Å². The molecule has 0 aliphatic carbocycles. The van der Waals surface area contributed by atoms with Gasteiger partial charge >= 0.3 is 6.03 Å². The zero-order valence-electron chi connectivity index (χ0n) is 11.2. The molecule has 1 aromatic heterocycles. The molecule has 6 heteroatoms. The second-order valence-corrected chi connectivity index (χ2v) is 5.99. The number of hydrogen-bond donors (Lipinski definition) is 3. The third-order valence-electron chi connectivity index (χ3n) is 2.73. The molecule has 1 rings (SSSR count). The molecular formula is C13H20BrN3O2. The minimum Gasteiger partial charge on any atom is -0.396 e. The van der Waals surface area contributed by atoms with E-state index < -0.39 is 0 Å². The number of nitrogens with one attached hydrogen (secondary N) is 2. The van der Waals surface area contributed by atoms with Crippen molar-refractivity contribution >= 4 is 27.6 Å². The highest BCUT2D eigenvalue weighted by atomic mass is 79.9. The van der Waals surface area contributed by atoms with E-state index in [9.17, 15) is 4.79 Å². The summed E-state index contributed by atoms with van der Waals surface area (Å²) < 4.78 is 0.727. The van der Waals surface area contributed by atoms with Crippen molar-refractivity contribution in [1.82, 2.24) is 10.3 Å². The number of pyridine rings is 1. The van der Waals surface area contributed by atoms with Gasteiger partial charge in [0.25, 0.3) is 0 Å². The first-order valence-corrected chi connectivity index (χ1v) is 6.99.